The summed E-state index contributed by atoms with van der Waals surface area (Å²) in [6, 6.07) is 12.5. The van der Waals surface area contributed by atoms with Crippen LogP contribution in [-0.4, -0.2) is 5.78 Å². The molecule has 0 aliphatic carbocycles. The Hall–Kier alpha value is -0.830. The third-order valence-corrected chi connectivity index (χ3v) is 3.54. The molecule has 0 amide bonds. The van der Waals surface area contributed by atoms with Gasteiger partial charge in [-0.1, -0.05) is 51.3 Å². The molecular weight excluding hydrogens is 335 g/mol. The van der Waals surface area contributed by atoms with Crippen molar-refractivity contribution in [3.05, 3.63) is 68.1 Å². The van der Waals surface area contributed by atoms with Gasteiger partial charge in [0.2, 0.25) is 0 Å². The number of Topliss-reactive ketones (excluding diaryl/α,β-unsaturated/α-hetero) is 1. The molecule has 0 heterocycles. The van der Waals surface area contributed by atoms with Crippen molar-refractivity contribution >= 4 is 44.9 Å². The van der Waals surface area contributed by atoms with Crippen LogP contribution in [0.5, 0.6) is 0 Å². The van der Waals surface area contributed by atoms with E-state index in [1.54, 1.807) is 18.2 Å². The van der Waals surface area contributed by atoms with Gasteiger partial charge in [-0.2, -0.15) is 0 Å². The van der Waals surface area contributed by atoms with Gasteiger partial charge < -0.3 is 0 Å². The van der Waals surface area contributed by atoms with E-state index in [1.807, 2.05) is 24.3 Å². The van der Waals surface area contributed by atoms with Gasteiger partial charge in [-0.3, -0.25) is 4.79 Å². The Morgan fingerprint density at radius 3 is 2.61 bits per heavy atom. The van der Waals surface area contributed by atoms with Crippen LogP contribution < -0.4 is 0 Å². The maximum atomic E-state index is 12.1. The Kier molecular flexibility index (Phi) is 4.44. The predicted octanol–water partition coefficient (Wildman–Crippen LogP) is 5.18. The van der Waals surface area contributed by atoms with Crippen LogP contribution >= 0.6 is 39.1 Å². The molecule has 0 N–H and O–H groups in total. The second-order valence-corrected chi connectivity index (χ2v) is 5.61. The van der Waals surface area contributed by atoms with Gasteiger partial charge in [-0.25, -0.2) is 0 Å². The van der Waals surface area contributed by atoms with Crippen molar-refractivity contribution in [2.24, 2.45) is 0 Å². The highest BCUT2D eigenvalue weighted by Gasteiger charge is 2.11. The number of hydrogen-bond donors (Lipinski definition) is 0. The first kappa shape index (κ1) is 13.6. The number of ketones is 1. The van der Waals surface area contributed by atoms with Gasteiger partial charge in [0.05, 0.1) is 5.02 Å². The lowest BCUT2D eigenvalue weighted by Crippen LogP contribution is -2.04. The molecule has 0 unspecified atom stereocenters. The zero-order chi connectivity index (χ0) is 13.1. The first-order valence-electron chi connectivity index (χ1n) is 5.29. The average molecular weight is 344 g/mol. The molecule has 0 saturated carbocycles. The minimum absolute atomic E-state index is 0.0411. The number of halogens is 3. The molecule has 0 saturated heterocycles. The van der Waals surface area contributed by atoms with Gasteiger partial charge in [0, 0.05) is 21.5 Å². The number of hydrogen-bond acceptors (Lipinski definition) is 1. The Morgan fingerprint density at radius 1 is 1.11 bits per heavy atom. The van der Waals surface area contributed by atoms with E-state index in [0.29, 0.717) is 22.0 Å². The van der Waals surface area contributed by atoms with E-state index in [9.17, 15) is 4.79 Å². The molecule has 92 valence electrons. The molecule has 4 heteroatoms. The van der Waals surface area contributed by atoms with E-state index in [0.717, 1.165) is 10.0 Å². The van der Waals surface area contributed by atoms with E-state index < -0.39 is 0 Å². The van der Waals surface area contributed by atoms with Crippen LogP contribution in [0.4, 0.5) is 0 Å². The fraction of sp³-hybridized carbons (Fsp3) is 0.0714. The number of rotatable bonds is 3. The van der Waals surface area contributed by atoms with Crippen molar-refractivity contribution < 1.29 is 4.79 Å². The summed E-state index contributed by atoms with van der Waals surface area (Å²) in [7, 11) is 0. The highest BCUT2D eigenvalue weighted by atomic mass is 79.9. The molecule has 0 radical (unpaired) electrons. The first-order valence-corrected chi connectivity index (χ1v) is 6.84. The summed E-state index contributed by atoms with van der Waals surface area (Å²) in [5.41, 5.74) is 1.40. The zero-order valence-electron chi connectivity index (χ0n) is 9.29. The monoisotopic (exact) mass is 342 g/mol. The van der Waals surface area contributed by atoms with Crippen LogP contribution in [0.25, 0.3) is 0 Å². The molecule has 18 heavy (non-hydrogen) atoms. The normalized spacial score (nSPS) is 10.4. The Morgan fingerprint density at radius 2 is 1.89 bits per heavy atom. The van der Waals surface area contributed by atoms with Crippen LogP contribution in [-0.2, 0) is 6.42 Å². The molecule has 0 atom stereocenters. The minimum atomic E-state index is -0.0411. The summed E-state index contributed by atoms with van der Waals surface area (Å²) in [4.78, 5) is 12.1. The van der Waals surface area contributed by atoms with Crippen LogP contribution in [0.3, 0.4) is 0 Å². The van der Waals surface area contributed by atoms with Gasteiger partial charge in [-0.05, 0) is 35.9 Å². The topological polar surface area (TPSA) is 17.1 Å². The van der Waals surface area contributed by atoms with E-state index >= 15 is 0 Å². The lowest BCUT2D eigenvalue weighted by Gasteiger charge is -2.05. The molecule has 2 rings (SSSR count). The van der Waals surface area contributed by atoms with Gasteiger partial charge in [-0.15, -0.1) is 0 Å². The number of carbonyl (C=O) groups excluding carboxylic acids is 1. The van der Waals surface area contributed by atoms with Gasteiger partial charge >= 0.3 is 0 Å². The highest BCUT2D eigenvalue weighted by molar-refractivity contribution is 9.10. The third kappa shape index (κ3) is 3.35. The molecular formula is C14H9BrCl2O. The molecule has 0 aliphatic heterocycles. The molecule has 2 aromatic rings. The lowest BCUT2D eigenvalue weighted by molar-refractivity contribution is 0.0993. The SMILES string of the molecule is O=C(Cc1cccc(Br)c1)c1cc(Cl)ccc1Cl. The predicted molar refractivity (Wildman–Crippen MR) is 78.6 cm³/mol. The van der Waals surface area contributed by atoms with Crippen molar-refractivity contribution in [3.8, 4) is 0 Å². The summed E-state index contributed by atoms with van der Waals surface area (Å²) in [6.45, 7) is 0. The molecule has 0 aliphatic rings. The largest absolute Gasteiger partial charge is 0.294 e. The minimum Gasteiger partial charge on any atom is -0.294 e. The van der Waals surface area contributed by atoms with Crippen molar-refractivity contribution in [1.82, 2.24) is 0 Å². The second-order valence-electron chi connectivity index (χ2n) is 3.85. The second kappa shape index (κ2) is 5.87. The van der Waals surface area contributed by atoms with Crippen molar-refractivity contribution in [2.45, 2.75) is 6.42 Å². The molecule has 0 aromatic heterocycles. The summed E-state index contributed by atoms with van der Waals surface area (Å²) in [5, 5.41) is 0.941. The van der Waals surface area contributed by atoms with Gasteiger partial charge in [0.15, 0.2) is 5.78 Å². The molecule has 0 bridgehead atoms. The fourth-order valence-corrected chi connectivity index (χ4v) is 2.48. The average Bonchev–Trinajstić information content (AvgIpc) is 2.32. The molecule has 1 nitrogen and oxygen atoms in total. The van der Waals surface area contributed by atoms with Crippen molar-refractivity contribution in [1.29, 1.82) is 0 Å². The van der Waals surface area contributed by atoms with E-state index in [1.165, 1.54) is 0 Å². The zero-order valence-corrected chi connectivity index (χ0v) is 12.4. The van der Waals surface area contributed by atoms with E-state index in [2.05, 4.69) is 15.9 Å². The molecule has 0 fully saturated rings. The summed E-state index contributed by atoms with van der Waals surface area (Å²) in [5.74, 6) is -0.0411. The summed E-state index contributed by atoms with van der Waals surface area (Å²) in [6.07, 6.45) is 0.305. The van der Waals surface area contributed by atoms with E-state index in [4.69, 9.17) is 23.2 Å². The maximum absolute atomic E-state index is 12.1. The fourth-order valence-electron chi connectivity index (χ4n) is 1.64. The van der Waals surface area contributed by atoms with Crippen molar-refractivity contribution in [2.75, 3.05) is 0 Å². The molecule has 0 spiro atoms. The summed E-state index contributed by atoms with van der Waals surface area (Å²) >= 11 is 15.2. The first-order chi connectivity index (χ1) is 8.56. The Balaban J connectivity index is 2.24. The van der Waals surface area contributed by atoms with Crippen LogP contribution in [0, 0.1) is 0 Å². The lowest BCUT2D eigenvalue weighted by atomic mass is 10.0. The van der Waals surface area contributed by atoms with Gasteiger partial charge in [0.25, 0.3) is 0 Å². The number of carbonyl (C=O) groups is 1. The van der Waals surface area contributed by atoms with Crippen molar-refractivity contribution in [3.63, 3.8) is 0 Å². The van der Waals surface area contributed by atoms with Crippen LogP contribution in [0.2, 0.25) is 10.0 Å². The summed E-state index contributed by atoms with van der Waals surface area (Å²) < 4.78 is 0.949. The molecule has 2 aromatic carbocycles. The van der Waals surface area contributed by atoms with Gasteiger partial charge in [0.1, 0.15) is 0 Å². The van der Waals surface area contributed by atoms with Crippen LogP contribution in [0.15, 0.2) is 46.9 Å². The number of benzene rings is 2. The Labute approximate surface area is 124 Å². The standard InChI is InChI=1S/C14H9BrCl2O/c15-10-3-1-2-9(6-10)7-14(18)12-8-11(16)4-5-13(12)17/h1-6,8H,7H2. The van der Waals surface area contributed by atoms with Crippen LogP contribution in [0.1, 0.15) is 15.9 Å². The quantitative estimate of drug-likeness (QED) is 0.701. The van der Waals surface area contributed by atoms with E-state index in [-0.39, 0.29) is 5.78 Å². The third-order valence-electron chi connectivity index (χ3n) is 2.48. The Bertz CT molecular complexity index is 596. The smallest absolute Gasteiger partial charge is 0.168 e. The highest BCUT2D eigenvalue weighted by Crippen LogP contribution is 2.22. The maximum Gasteiger partial charge on any atom is 0.168 e.